The van der Waals surface area contributed by atoms with Gasteiger partial charge < -0.3 is 9.40 Å². The zero-order valence-corrected chi connectivity index (χ0v) is 9.58. The summed E-state index contributed by atoms with van der Waals surface area (Å²) in [5.74, 6) is 0. The van der Waals surface area contributed by atoms with Crippen molar-refractivity contribution in [1.29, 1.82) is 0 Å². The highest BCUT2D eigenvalue weighted by atomic mass is 16.3. The first-order valence-electron chi connectivity index (χ1n) is 5.34. The maximum atomic E-state index is 5.38. The van der Waals surface area contributed by atoms with Crippen LogP contribution in [0, 0.1) is 0 Å². The summed E-state index contributed by atoms with van der Waals surface area (Å²) in [6, 6.07) is 5.96. The molecule has 0 amide bonds. The highest BCUT2D eigenvalue weighted by molar-refractivity contribution is 5.93. The van der Waals surface area contributed by atoms with E-state index in [0.29, 0.717) is 0 Å². The largest absolute Gasteiger partial charge is 0.464 e. The maximum Gasteiger partial charge on any atom is 0.135 e. The number of hydrogen-bond donors (Lipinski definition) is 1. The molecule has 0 unspecified atom stereocenters. The van der Waals surface area contributed by atoms with Gasteiger partial charge in [-0.15, -0.1) is 0 Å². The normalized spacial score (nSPS) is 12.6. The lowest BCUT2D eigenvalue weighted by Gasteiger charge is -2.00. The first-order valence-corrected chi connectivity index (χ1v) is 5.34. The van der Waals surface area contributed by atoms with Crippen LogP contribution >= 0.6 is 0 Å². The minimum atomic E-state index is 0.758. The average Bonchev–Trinajstić information content (AvgIpc) is 2.78. The highest BCUT2D eigenvalue weighted by Crippen LogP contribution is 2.19. The second-order valence-electron chi connectivity index (χ2n) is 4.01. The van der Waals surface area contributed by atoms with Crippen molar-refractivity contribution in [3.63, 3.8) is 0 Å². The summed E-state index contributed by atoms with van der Waals surface area (Å²) >= 11 is 0. The number of aromatic amines is 1. The van der Waals surface area contributed by atoms with E-state index in [9.17, 15) is 0 Å². The van der Waals surface area contributed by atoms with Crippen LogP contribution in [0.1, 0.15) is 0 Å². The number of nitrogens with one attached hydrogen (secondary N) is 1. The second kappa shape index (κ2) is 3.35. The lowest BCUT2D eigenvalue weighted by atomic mass is 10.1. The number of fused-ring (bicyclic) bond motifs is 2. The van der Waals surface area contributed by atoms with E-state index >= 15 is 0 Å². The van der Waals surface area contributed by atoms with E-state index < -0.39 is 0 Å². The summed E-state index contributed by atoms with van der Waals surface area (Å²) in [6.45, 7) is 8.07. The van der Waals surface area contributed by atoms with Crippen molar-refractivity contribution in [2.75, 3.05) is 7.05 Å². The number of nitrogens with zero attached hydrogens (tertiary/aromatic N) is 1. The van der Waals surface area contributed by atoms with Crippen molar-refractivity contribution in [1.82, 2.24) is 4.98 Å². The van der Waals surface area contributed by atoms with Crippen LogP contribution in [0.15, 0.2) is 33.9 Å². The Bertz CT molecular complexity index is 884. The quantitative estimate of drug-likeness (QED) is 0.613. The highest BCUT2D eigenvalue weighted by Gasteiger charge is 2.02. The second-order valence-corrected chi connectivity index (χ2v) is 4.01. The smallest absolute Gasteiger partial charge is 0.135 e. The molecule has 3 aromatic rings. The molecular formula is C14H12N2O. The summed E-state index contributed by atoms with van der Waals surface area (Å²) in [7, 11) is 1.73. The molecule has 0 atom stereocenters. The molecular weight excluding hydrogens is 212 g/mol. The Morgan fingerprint density at radius 1 is 1.24 bits per heavy atom. The third kappa shape index (κ3) is 1.32. The summed E-state index contributed by atoms with van der Waals surface area (Å²) in [5.41, 5.74) is 2.57. The van der Waals surface area contributed by atoms with Gasteiger partial charge in [0.2, 0.25) is 0 Å². The molecule has 0 fully saturated rings. The topological polar surface area (TPSA) is 41.3 Å². The predicted octanol–water partition coefficient (Wildman–Crippen LogP) is 1.27. The fourth-order valence-corrected chi connectivity index (χ4v) is 2.06. The lowest BCUT2D eigenvalue weighted by Crippen LogP contribution is -2.39. The summed E-state index contributed by atoms with van der Waals surface area (Å²) in [4.78, 5) is 7.40. The van der Waals surface area contributed by atoms with Crippen LogP contribution in [-0.2, 0) is 0 Å². The van der Waals surface area contributed by atoms with E-state index in [1.54, 1.807) is 13.3 Å². The Balaban J connectivity index is 2.67. The Kier molecular flexibility index (Phi) is 1.95. The van der Waals surface area contributed by atoms with Gasteiger partial charge in [-0.25, -0.2) is 0 Å². The molecule has 0 saturated heterocycles. The standard InChI is InChI=1S/C14H12N2O/c1-8-9(2)14(15-3)16-12-7-13-10(4-5-17-13)6-11(8)12/h4-7H,1-2H2,3H3,(H,15,16). The lowest BCUT2D eigenvalue weighted by molar-refractivity contribution is 0.616. The van der Waals surface area contributed by atoms with E-state index in [1.807, 2.05) is 12.1 Å². The van der Waals surface area contributed by atoms with Gasteiger partial charge in [-0.1, -0.05) is 13.2 Å². The summed E-state index contributed by atoms with van der Waals surface area (Å²) in [5, 5.41) is 3.86. The number of pyridine rings is 1. The van der Waals surface area contributed by atoms with Crippen molar-refractivity contribution in [3.8, 4) is 0 Å². The molecule has 3 rings (SSSR count). The van der Waals surface area contributed by atoms with Crippen LogP contribution in [-0.4, -0.2) is 12.0 Å². The van der Waals surface area contributed by atoms with E-state index in [4.69, 9.17) is 4.42 Å². The molecule has 0 spiro atoms. The van der Waals surface area contributed by atoms with Crippen molar-refractivity contribution in [3.05, 3.63) is 40.4 Å². The number of H-pyrrole nitrogens is 1. The SMILES string of the molecule is C=c1c(=C)c2cc3ccoc3cc2[nH]/c1=N/C. The maximum absolute atomic E-state index is 5.38. The van der Waals surface area contributed by atoms with Crippen molar-refractivity contribution >= 4 is 35.0 Å². The van der Waals surface area contributed by atoms with Crippen LogP contribution in [0.3, 0.4) is 0 Å². The van der Waals surface area contributed by atoms with Crippen LogP contribution in [0.5, 0.6) is 0 Å². The van der Waals surface area contributed by atoms with Crippen molar-refractivity contribution in [2.24, 2.45) is 4.99 Å². The Morgan fingerprint density at radius 2 is 2.06 bits per heavy atom. The third-order valence-electron chi connectivity index (χ3n) is 3.04. The summed E-state index contributed by atoms with van der Waals surface area (Å²) < 4.78 is 5.38. The molecule has 84 valence electrons. The number of rotatable bonds is 0. The third-order valence-corrected chi connectivity index (χ3v) is 3.04. The average molecular weight is 224 g/mol. The van der Waals surface area contributed by atoms with E-state index in [0.717, 1.165) is 37.8 Å². The number of furan rings is 1. The molecule has 0 aliphatic carbocycles. The molecule has 1 aromatic carbocycles. The fraction of sp³-hybridized carbons (Fsp3) is 0.0714. The van der Waals surface area contributed by atoms with Gasteiger partial charge in [-0.2, -0.15) is 0 Å². The van der Waals surface area contributed by atoms with Crippen LogP contribution in [0.4, 0.5) is 0 Å². The monoisotopic (exact) mass is 224 g/mol. The van der Waals surface area contributed by atoms with E-state index in [2.05, 4.69) is 29.2 Å². The number of benzene rings is 1. The molecule has 3 nitrogen and oxygen atoms in total. The number of aromatic nitrogens is 1. The molecule has 2 aromatic heterocycles. The van der Waals surface area contributed by atoms with Gasteiger partial charge in [0.15, 0.2) is 0 Å². The molecule has 17 heavy (non-hydrogen) atoms. The van der Waals surface area contributed by atoms with Crippen molar-refractivity contribution in [2.45, 2.75) is 0 Å². The fourth-order valence-electron chi connectivity index (χ4n) is 2.06. The summed E-state index contributed by atoms with van der Waals surface area (Å²) in [6.07, 6.45) is 1.68. The van der Waals surface area contributed by atoms with Gasteiger partial charge in [-0.05, 0) is 17.4 Å². The van der Waals surface area contributed by atoms with Gasteiger partial charge >= 0.3 is 0 Å². The molecule has 0 saturated carbocycles. The van der Waals surface area contributed by atoms with Gasteiger partial charge in [0.05, 0.1) is 11.8 Å². The Hall–Kier alpha value is -2.29. The first kappa shape index (κ1) is 9.90. The number of hydrogen-bond acceptors (Lipinski definition) is 2. The molecule has 2 heterocycles. The van der Waals surface area contributed by atoms with E-state index in [-0.39, 0.29) is 0 Å². The predicted molar refractivity (Wildman–Crippen MR) is 69.9 cm³/mol. The first-order chi connectivity index (χ1) is 8.20. The minimum absolute atomic E-state index is 0.758. The van der Waals surface area contributed by atoms with Gasteiger partial charge in [0, 0.05) is 29.1 Å². The van der Waals surface area contributed by atoms with Gasteiger partial charge in [0.25, 0.3) is 0 Å². The van der Waals surface area contributed by atoms with Crippen LogP contribution in [0.2, 0.25) is 0 Å². The minimum Gasteiger partial charge on any atom is -0.464 e. The zero-order chi connectivity index (χ0) is 12.0. The molecule has 3 heteroatoms. The zero-order valence-electron chi connectivity index (χ0n) is 9.58. The molecule has 0 bridgehead atoms. The van der Waals surface area contributed by atoms with Crippen LogP contribution < -0.4 is 15.9 Å². The van der Waals surface area contributed by atoms with Gasteiger partial charge in [-0.3, -0.25) is 4.99 Å². The molecule has 1 N–H and O–H groups in total. The van der Waals surface area contributed by atoms with Crippen molar-refractivity contribution < 1.29 is 4.42 Å². The molecule has 0 radical (unpaired) electrons. The van der Waals surface area contributed by atoms with Crippen LogP contribution in [0.25, 0.3) is 35.0 Å². The Labute approximate surface area is 97.4 Å². The Morgan fingerprint density at radius 3 is 2.82 bits per heavy atom. The molecule has 0 aliphatic heterocycles. The van der Waals surface area contributed by atoms with E-state index in [1.165, 1.54) is 0 Å². The molecule has 0 aliphatic rings. The van der Waals surface area contributed by atoms with Gasteiger partial charge in [0.1, 0.15) is 11.1 Å².